The van der Waals surface area contributed by atoms with Gasteiger partial charge < -0.3 is 19.9 Å². The van der Waals surface area contributed by atoms with Crippen LogP contribution in [-0.4, -0.2) is 53.5 Å². The van der Waals surface area contributed by atoms with E-state index in [1.807, 2.05) is 30.3 Å². The largest absolute Gasteiger partial charge is 0.497 e. The Labute approximate surface area is 205 Å². The van der Waals surface area contributed by atoms with E-state index in [0.29, 0.717) is 0 Å². The summed E-state index contributed by atoms with van der Waals surface area (Å²) in [4.78, 5) is 4.52. The van der Waals surface area contributed by atoms with E-state index in [-0.39, 0.29) is 0 Å². The Balaban J connectivity index is 1.28. The van der Waals surface area contributed by atoms with Gasteiger partial charge in [0.15, 0.2) is 10.9 Å². The number of hydrogen-bond acceptors (Lipinski definition) is 5. The zero-order valence-corrected chi connectivity index (χ0v) is 20.0. The first-order valence-corrected chi connectivity index (χ1v) is 11.9. The molecule has 0 atom stereocenters. The summed E-state index contributed by atoms with van der Waals surface area (Å²) in [6.45, 7) is 3.32. The van der Waals surface area contributed by atoms with Crippen molar-refractivity contribution in [3.8, 4) is 5.75 Å². The van der Waals surface area contributed by atoms with Crippen molar-refractivity contribution >= 4 is 39.6 Å². The Morgan fingerprint density at radius 2 is 1.53 bits per heavy atom. The Hall–Kier alpha value is -3.71. The number of hydrogen-bond donors (Lipinski definition) is 1. The van der Waals surface area contributed by atoms with Gasteiger partial charge in [0, 0.05) is 49.1 Å². The normalized spacial score (nSPS) is 13.7. The van der Waals surface area contributed by atoms with Crippen LogP contribution in [0.2, 0.25) is 0 Å². The van der Waals surface area contributed by atoms with Crippen LogP contribution in [0, 0.1) is 0 Å². The van der Waals surface area contributed by atoms with Crippen LogP contribution in [0.25, 0.3) is 10.8 Å². The summed E-state index contributed by atoms with van der Waals surface area (Å²) in [5.41, 5.74) is 3.20. The number of benzene rings is 3. The Morgan fingerprint density at radius 3 is 2.24 bits per heavy atom. The van der Waals surface area contributed by atoms with Gasteiger partial charge in [-0.2, -0.15) is 5.10 Å². The highest BCUT2D eigenvalue weighted by molar-refractivity contribution is 7.80. The fourth-order valence-corrected chi connectivity index (χ4v) is 4.60. The average Bonchev–Trinajstić information content (AvgIpc) is 2.90. The van der Waals surface area contributed by atoms with E-state index in [1.165, 1.54) is 5.56 Å². The number of methoxy groups -OCH3 is 1. The van der Waals surface area contributed by atoms with Crippen LogP contribution in [0.15, 0.2) is 78.9 Å². The summed E-state index contributed by atoms with van der Waals surface area (Å²) in [5.74, 6) is 1.77. The number of aromatic nitrogens is 2. The van der Waals surface area contributed by atoms with Gasteiger partial charge in [0.25, 0.3) is 0 Å². The Kier molecular flexibility index (Phi) is 6.53. The number of nitrogens with one attached hydrogen (secondary N) is 1. The van der Waals surface area contributed by atoms with E-state index >= 15 is 0 Å². The van der Waals surface area contributed by atoms with E-state index in [4.69, 9.17) is 17.0 Å². The first-order valence-electron chi connectivity index (χ1n) is 11.4. The molecule has 1 saturated heterocycles. The van der Waals surface area contributed by atoms with E-state index < -0.39 is 0 Å². The van der Waals surface area contributed by atoms with Gasteiger partial charge in [-0.25, -0.2) is 0 Å². The molecule has 5 rings (SSSR count). The molecular weight excluding hydrogens is 442 g/mol. The number of rotatable bonds is 5. The van der Waals surface area contributed by atoms with Crippen molar-refractivity contribution < 1.29 is 4.74 Å². The van der Waals surface area contributed by atoms with E-state index in [9.17, 15) is 0 Å². The zero-order valence-electron chi connectivity index (χ0n) is 19.1. The van der Waals surface area contributed by atoms with Crippen LogP contribution in [0.4, 0.5) is 11.5 Å². The fourth-order valence-electron chi connectivity index (χ4n) is 4.30. The molecule has 0 spiro atoms. The molecule has 3 aromatic carbocycles. The lowest BCUT2D eigenvalue weighted by Crippen LogP contribution is -2.50. The number of piperazine rings is 1. The van der Waals surface area contributed by atoms with Crippen molar-refractivity contribution in [2.24, 2.45) is 0 Å². The minimum Gasteiger partial charge on any atom is -0.497 e. The summed E-state index contributed by atoms with van der Waals surface area (Å²) in [6, 6.07) is 26.7. The monoisotopic (exact) mass is 469 g/mol. The molecule has 0 unspecified atom stereocenters. The van der Waals surface area contributed by atoms with Gasteiger partial charge >= 0.3 is 0 Å². The average molecular weight is 470 g/mol. The minimum absolute atomic E-state index is 0.735. The fraction of sp³-hybridized carbons (Fsp3) is 0.222. The van der Waals surface area contributed by atoms with Crippen LogP contribution in [0.5, 0.6) is 5.75 Å². The van der Waals surface area contributed by atoms with Gasteiger partial charge in [-0.05, 0) is 42.0 Å². The molecule has 6 nitrogen and oxygen atoms in total. The topological polar surface area (TPSA) is 53.5 Å². The maximum absolute atomic E-state index is 5.67. The number of ether oxygens (including phenoxy) is 1. The molecule has 172 valence electrons. The highest BCUT2D eigenvalue weighted by Gasteiger charge is 2.22. The van der Waals surface area contributed by atoms with Crippen molar-refractivity contribution in [1.29, 1.82) is 0 Å². The predicted octanol–water partition coefficient (Wildman–Crippen LogP) is 4.75. The molecule has 0 saturated carbocycles. The first kappa shape index (κ1) is 22.1. The number of fused-ring (bicyclic) bond motifs is 1. The molecule has 0 amide bonds. The third-order valence-electron chi connectivity index (χ3n) is 6.17. The Morgan fingerprint density at radius 1 is 0.853 bits per heavy atom. The molecule has 1 N–H and O–H groups in total. The summed E-state index contributed by atoms with van der Waals surface area (Å²) >= 11 is 5.67. The third-order valence-corrected chi connectivity index (χ3v) is 6.53. The molecule has 1 aliphatic heterocycles. The van der Waals surface area contributed by atoms with Gasteiger partial charge in [0.05, 0.1) is 12.8 Å². The van der Waals surface area contributed by atoms with Crippen molar-refractivity contribution in [2.75, 3.05) is 43.5 Å². The quantitative estimate of drug-likeness (QED) is 0.424. The summed E-state index contributed by atoms with van der Waals surface area (Å²) in [6.07, 6.45) is 0.772. The maximum atomic E-state index is 5.67. The summed E-state index contributed by atoms with van der Waals surface area (Å²) in [7, 11) is 1.66. The van der Waals surface area contributed by atoms with Gasteiger partial charge in [-0.3, -0.25) is 0 Å². The van der Waals surface area contributed by atoms with Crippen LogP contribution >= 0.6 is 12.2 Å². The minimum atomic E-state index is 0.735. The van der Waals surface area contributed by atoms with E-state index in [1.54, 1.807) is 7.11 Å². The molecule has 2 heterocycles. The molecule has 0 bridgehead atoms. The second kappa shape index (κ2) is 10.1. The van der Waals surface area contributed by atoms with Crippen LogP contribution in [0.1, 0.15) is 11.3 Å². The molecule has 4 aromatic rings. The van der Waals surface area contributed by atoms with E-state index in [0.717, 1.165) is 71.4 Å². The van der Waals surface area contributed by atoms with Crippen LogP contribution < -0.4 is 15.0 Å². The van der Waals surface area contributed by atoms with Crippen molar-refractivity contribution in [3.63, 3.8) is 0 Å². The molecule has 1 aliphatic rings. The van der Waals surface area contributed by atoms with Gasteiger partial charge in [0.1, 0.15) is 5.75 Å². The van der Waals surface area contributed by atoms with Gasteiger partial charge in [0.2, 0.25) is 0 Å². The number of thiocarbonyl (C=S) groups is 1. The summed E-state index contributed by atoms with van der Waals surface area (Å²) < 4.78 is 5.22. The van der Waals surface area contributed by atoms with Crippen LogP contribution in [-0.2, 0) is 6.42 Å². The summed E-state index contributed by atoms with van der Waals surface area (Å²) in [5, 5.41) is 15.7. The van der Waals surface area contributed by atoms with Crippen molar-refractivity contribution in [2.45, 2.75) is 6.42 Å². The molecule has 0 radical (unpaired) electrons. The van der Waals surface area contributed by atoms with Crippen LogP contribution in [0.3, 0.4) is 0 Å². The molecule has 1 fully saturated rings. The standard InChI is InChI=1S/C27H27N5OS/c1-33-22-13-11-21(12-14-22)28-27(34)32-17-15-31(16-18-32)26-24-10-6-5-9-23(24)25(29-30-26)19-20-7-3-2-4-8-20/h2-14H,15-19H2,1H3,(H,28,34). The predicted molar refractivity (Wildman–Crippen MR) is 142 cm³/mol. The second-order valence-corrected chi connectivity index (χ2v) is 8.70. The second-order valence-electron chi connectivity index (χ2n) is 8.31. The third kappa shape index (κ3) is 4.79. The van der Waals surface area contributed by atoms with Gasteiger partial charge in [-0.15, -0.1) is 5.10 Å². The van der Waals surface area contributed by atoms with Crippen molar-refractivity contribution in [3.05, 3.63) is 90.1 Å². The molecule has 1 aromatic heterocycles. The Bertz CT molecular complexity index is 1270. The number of anilines is 2. The maximum Gasteiger partial charge on any atom is 0.173 e. The smallest absolute Gasteiger partial charge is 0.173 e. The van der Waals surface area contributed by atoms with Gasteiger partial charge in [-0.1, -0.05) is 54.6 Å². The van der Waals surface area contributed by atoms with Crippen molar-refractivity contribution in [1.82, 2.24) is 15.1 Å². The molecule has 34 heavy (non-hydrogen) atoms. The lowest BCUT2D eigenvalue weighted by molar-refractivity contribution is 0.389. The molecular formula is C27H27N5OS. The molecule has 0 aliphatic carbocycles. The lowest BCUT2D eigenvalue weighted by atomic mass is 10.0. The SMILES string of the molecule is COc1ccc(NC(=S)N2CCN(c3nnc(Cc4ccccc4)c4ccccc34)CC2)cc1. The molecule has 7 heteroatoms. The number of nitrogens with zero attached hydrogens (tertiary/aromatic N) is 4. The zero-order chi connectivity index (χ0) is 23.3. The first-order chi connectivity index (χ1) is 16.7. The highest BCUT2D eigenvalue weighted by atomic mass is 32.1. The lowest BCUT2D eigenvalue weighted by Gasteiger charge is -2.37. The van der Waals surface area contributed by atoms with E-state index in [2.05, 4.69) is 73.8 Å². The highest BCUT2D eigenvalue weighted by Crippen LogP contribution is 2.28.